The largest absolute Gasteiger partial charge is 0.496 e. The number of carbonyl (C=O) groups is 1. The van der Waals surface area contributed by atoms with Crippen LogP contribution in [0.5, 0.6) is 5.75 Å². The molecule has 0 aromatic heterocycles. The molecule has 1 amide bonds. The number of hydrogen-bond acceptors (Lipinski definition) is 3. The van der Waals surface area contributed by atoms with Gasteiger partial charge in [0, 0.05) is 17.7 Å². The van der Waals surface area contributed by atoms with Gasteiger partial charge in [-0.3, -0.25) is 9.69 Å². The first kappa shape index (κ1) is 17.5. The average molecular weight is 338 g/mol. The van der Waals surface area contributed by atoms with Gasteiger partial charge in [-0.1, -0.05) is 30.3 Å². The van der Waals surface area contributed by atoms with Gasteiger partial charge in [-0.15, -0.1) is 0 Å². The second-order valence-electron chi connectivity index (χ2n) is 6.62. The fourth-order valence-corrected chi connectivity index (χ4v) is 3.34. The summed E-state index contributed by atoms with van der Waals surface area (Å²) in [7, 11) is 1.65. The van der Waals surface area contributed by atoms with E-state index in [9.17, 15) is 4.79 Å². The first-order valence-corrected chi connectivity index (χ1v) is 8.92. The van der Waals surface area contributed by atoms with Crippen molar-refractivity contribution in [2.45, 2.75) is 32.4 Å². The molecule has 0 unspecified atom stereocenters. The zero-order chi connectivity index (χ0) is 17.6. The number of nitrogens with zero attached hydrogens (tertiary/aromatic N) is 1. The third-order valence-electron chi connectivity index (χ3n) is 4.77. The molecule has 0 bridgehead atoms. The zero-order valence-corrected chi connectivity index (χ0v) is 15.0. The van der Waals surface area contributed by atoms with Crippen molar-refractivity contribution < 1.29 is 9.53 Å². The highest BCUT2D eigenvalue weighted by molar-refractivity contribution is 5.94. The molecule has 132 valence electrons. The zero-order valence-electron chi connectivity index (χ0n) is 15.0. The maximum atomic E-state index is 12.5. The predicted molar refractivity (Wildman–Crippen MR) is 99.8 cm³/mol. The summed E-state index contributed by atoms with van der Waals surface area (Å²) in [5.74, 6) is 0.724. The molecule has 0 spiro atoms. The van der Waals surface area contributed by atoms with E-state index in [-0.39, 0.29) is 11.9 Å². The molecule has 4 heteroatoms. The van der Waals surface area contributed by atoms with Crippen LogP contribution in [0.2, 0.25) is 0 Å². The molecule has 1 aliphatic heterocycles. The van der Waals surface area contributed by atoms with Crippen LogP contribution in [-0.4, -0.2) is 31.0 Å². The van der Waals surface area contributed by atoms with E-state index in [1.54, 1.807) is 7.11 Å². The van der Waals surface area contributed by atoms with Gasteiger partial charge >= 0.3 is 0 Å². The lowest BCUT2D eigenvalue weighted by Gasteiger charge is -2.18. The molecule has 1 aliphatic rings. The Bertz CT molecular complexity index is 706. The first-order valence-electron chi connectivity index (χ1n) is 8.92. The lowest BCUT2D eigenvalue weighted by Crippen LogP contribution is -2.27. The minimum atomic E-state index is -0.118. The van der Waals surface area contributed by atoms with E-state index in [2.05, 4.69) is 22.3 Å². The molecule has 1 heterocycles. The average Bonchev–Trinajstić information content (AvgIpc) is 3.15. The molecule has 2 aromatic carbocycles. The van der Waals surface area contributed by atoms with Crippen LogP contribution in [0.3, 0.4) is 0 Å². The van der Waals surface area contributed by atoms with Gasteiger partial charge in [-0.05, 0) is 56.6 Å². The van der Waals surface area contributed by atoms with Gasteiger partial charge in [-0.2, -0.15) is 0 Å². The maximum absolute atomic E-state index is 12.5. The summed E-state index contributed by atoms with van der Waals surface area (Å²) < 4.78 is 5.38. The lowest BCUT2D eigenvalue weighted by molar-refractivity contribution is 0.0939. The van der Waals surface area contributed by atoms with Crippen LogP contribution in [-0.2, 0) is 6.54 Å². The molecule has 1 fully saturated rings. The van der Waals surface area contributed by atoms with Crippen LogP contribution in [0, 0.1) is 0 Å². The Morgan fingerprint density at radius 2 is 1.80 bits per heavy atom. The minimum Gasteiger partial charge on any atom is -0.496 e. The highest BCUT2D eigenvalue weighted by atomic mass is 16.5. The van der Waals surface area contributed by atoms with Gasteiger partial charge in [0.15, 0.2) is 0 Å². The normalized spacial score (nSPS) is 15.8. The fraction of sp³-hybridized carbons (Fsp3) is 0.381. The van der Waals surface area contributed by atoms with E-state index in [1.807, 2.05) is 43.3 Å². The van der Waals surface area contributed by atoms with Crippen molar-refractivity contribution in [2.75, 3.05) is 20.2 Å². The van der Waals surface area contributed by atoms with Crippen LogP contribution >= 0.6 is 0 Å². The van der Waals surface area contributed by atoms with Gasteiger partial charge < -0.3 is 10.1 Å². The van der Waals surface area contributed by atoms with Crippen LogP contribution in [0.15, 0.2) is 48.5 Å². The molecule has 0 radical (unpaired) electrons. The van der Waals surface area contributed by atoms with Crippen LogP contribution in [0.4, 0.5) is 0 Å². The van der Waals surface area contributed by atoms with Gasteiger partial charge in [-0.25, -0.2) is 0 Å². The molecule has 3 rings (SSSR count). The number of para-hydroxylation sites is 1. The number of methoxy groups -OCH3 is 1. The number of rotatable bonds is 6. The summed E-state index contributed by atoms with van der Waals surface area (Å²) in [4.78, 5) is 15.0. The van der Waals surface area contributed by atoms with Gasteiger partial charge in [0.25, 0.3) is 5.91 Å². The highest BCUT2D eigenvalue weighted by Gasteiger charge is 2.15. The molecular weight excluding hydrogens is 312 g/mol. The topological polar surface area (TPSA) is 41.6 Å². The Labute approximate surface area is 149 Å². The Kier molecular flexibility index (Phi) is 5.71. The third-order valence-corrected chi connectivity index (χ3v) is 4.77. The van der Waals surface area contributed by atoms with Crippen molar-refractivity contribution in [3.05, 3.63) is 65.2 Å². The highest BCUT2D eigenvalue weighted by Crippen LogP contribution is 2.24. The summed E-state index contributed by atoms with van der Waals surface area (Å²) in [5.41, 5.74) is 2.92. The molecular formula is C21H26N2O2. The molecule has 1 saturated heterocycles. The third kappa shape index (κ3) is 4.40. The maximum Gasteiger partial charge on any atom is 0.251 e. The van der Waals surface area contributed by atoms with Gasteiger partial charge in [0.1, 0.15) is 5.75 Å². The molecule has 0 aliphatic carbocycles. The SMILES string of the molecule is COc1ccccc1[C@H](C)NC(=O)c1ccc(CN2CCCC2)cc1. The second kappa shape index (κ2) is 8.17. The number of carbonyl (C=O) groups excluding carboxylic acids is 1. The predicted octanol–water partition coefficient (Wildman–Crippen LogP) is 3.78. The summed E-state index contributed by atoms with van der Waals surface area (Å²) in [6.45, 7) is 5.30. The van der Waals surface area contributed by atoms with Gasteiger partial charge in [0.2, 0.25) is 0 Å². The van der Waals surface area contributed by atoms with Crippen molar-refractivity contribution in [1.29, 1.82) is 0 Å². The Hall–Kier alpha value is -2.33. The van der Waals surface area contributed by atoms with Crippen molar-refractivity contribution in [3.8, 4) is 5.75 Å². The Morgan fingerprint density at radius 3 is 2.48 bits per heavy atom. The molecule has 4 nitrogen and oxygen atoms in total. The van der Waals surface area contributed by atoms with Crippen LogP contribution < -0.4 is 10.1 Å². The summed E-state index contributed by atoms with van der Waals surface area (Å²) in [6.07, 6.45) is 2.59. The molecule has 25 heavy (non-hydrogen) atoms. The smallest absolute Gasteiger partial charge is 0.251 e. The van der Waals surface area contributed by atoms with E-state index in [0.717, 1.165) is 17.9 Å². The first-order chi connectivity index (χ1) is 12.2. The second-order valence-corrected chi connectivity index (χ2v) is 6.62. The number of likely N-dealkylation sites (tertiary alicyclic amines) is 1. The summed E-state index contributed by atoms with van der Waals surface area (Å²) in [6, 6.07) is 15.6. The minimum absolute atomic E-state index is 0.0638. The van der Waals surface area contributed by atoms with E-state index in [0.29, 0.717) is 5.56 Å². The number of ether oxygens (including phenoxy) is 1. The van der Waals surface area contributed by atoms with Crippen molar-refractivity contribution >= 4 is 5.91 Å². The molecule has 1 N–H and O–H groups in total. The number of amides is 1. The number of nitrogens with one attached hydrogen (secondary N) is 1. The molecule has 2 aromatic rings. The standard InChI is InChI=1S/C21H26N2O2/c1-16(19-7-3-4-8-20(19)25-2)22-21(24)18-11-9-17(10-12-18)15-23-13-5-6-14-23/h3-4,7-12,16H,5-6,13-15H2,1-2H3,(H,22,24)/t16-/m0/s1. The Morgan fingerprint density at radius 1 is 1.12 bits per heavy atom. The van der Waals surface area contributed by atoms with Crippen molar-refractivity contribution in [1.82, 2.24) is 10.2 Å². The summed E-state index contributed by atoms with van der Waals surface area (Å²) in [5, 5.41) is 3.05. The van der Waals surface area contributed by atoms with E-state index in [4.69, 9.17) is 4.74 Å². The van der Waals surface area contributed by atoms with Crippen LogP contribution in [0.25, 0.3) is 0 Å². The van der Waals surface area contributed by atoms with E-state index >= 15 is 0 Å². The number of benzene rings is 2. The van der Waals surface area contributed by atoms with Crippen molar-refractivity contribution in [3.63, 3.8) is 0 Å². The molecule has 1 atom stereocenters. The molecule has 0 saturated carbocycles. The van der Waals surface area contributed by atoms with Crippen LogP contribution in [0.1, 0.15) is 47.3 Å². The quantitative estimate of drug-likeness (QED) is 0.871. The lowest BCUT2D eigenvalue weighted by atomic mass is 10.1. The van der Waals surface area contributed by atoms with E-state index < -0.39 is 0 Å². The summed E-state index contributed by atoms with van der Waals surface area (Å²) >= 11 is 0. The fourth-order valence-electron chi connectivity index (χ4n) is 3.34. The Balaban J connectivity index is 1.62. The number of hydrogen-bond donors (Lipinski definition) is 1. The monoisotopic (exact) mass is 338 g/mol. The van der Waals surface area contributed by atoms with Gasteiger partial charge in [0.05, 0.1) is 13.2 Å². The van der Waals surface area contributed by atoms with E-state index in [1.165, 1.54) is 31.5 Å². The van der Waals surface area contributed by atoms with Crippen molar-refractivity contribution in [2.24, 2.45) is 0 Å².